The summed E-state index contributed by atoms with van der Waals surface area (Å²) in [5.41, 5.74) is 2.40. The molecule has 3 N–H and O–H groups in total. The highest BCUT2D eigenvalue weighted by molar-refractivity contribution is 5.94. The van der Waals surface area contributed by atoms with Crippen molar-refractivity contribution >= 4 is 22.8 Å². The van der Waals surface area contributed by atoms with Gasteiger partial charge in [-0.25, -0.2) is 14.2 Å². The molecule has 0 unspecified atom stereocenters. The SMILES string of the molecule is CC[C@@]1(O)C(=O)OCc2c1cc1n(c2=O)Cc2c-1nc1cc(F)c(C)c3c1c2[C@@H](NC(=O)[C@H](O)c1ccccc1)CC3. The predicted octanol–water partition coefficient (Wildman–Crippen LogP) is 3.36. The second-order valence-electron chi connectivity index (χ2n) is 11.2. The Morgan fingerprint density at radius 1 is 1.21 bits per heavy atom. The number of halogens is 1. The van der Waals surface area contributed by atoms with Gasteiger partial charge in [-0.15, -0.1) is 0 Å². The molecular weight excluding hydrogens is 541 g/mol. The quantitative estimate of drug-likeness (QED) is 0.283. The molecule has 2 aromatic carbocycles. The van der Waals surface area contributed by atoms with E-state index in [4.69, 9.17) is 9.72 Å². The van der Waals surface area contributed by atoms with Crippen LogP contribution in [-0.2, 0) is 39.5 Å². The molecule has 0 radical (unpaired) electrons. The van der Waals surface area contributed by atoms with Crippen molar-refractivity contribution in [2.75, 3.05) is 0 Å². The third-order valence-electron chi connectivity index (χ3n) is 9.06. The number of carbonyl (C=O) groups is 2. The highest BCUT2D eigenvalue weighted by atomic mass is 19.1. The van der Waals surface area contributed by atoms with E-state index in [1.54, 1.807) is 50.2 Å². The van der Waals surface area contributed by atoms with Crippen molar-refractivity contribution in [3.05, 3.63) is 97.6 Å². The number of aliphatic hydroxyl groups excluding tert-OH is 1. The summed E-state index contributed by atoms with van der Waals surface area (Å²) in [6, 6.07) is 11.1. The summed E-state index contributed by atoms with van der Waals surface area (Å²) in [6.07, 6.45) is -0.431. The number of nitrogens with zero attached hydrogens (tertiary/aromatic N) is 2. The highest BCUT2D eigenvalue weighted by Gasteiger charge is 2.46. The third-order valence-corrected chi connectivity index (χ3v) is 9.06. The molecule has 0 saturated carbocycles. The predicted molar refractivity (Wildman–Crippen MR) is 150 cm³/mol. The van der Waals surface area contributed by atoms with E-state index >= 15 is 4.39 Å². The Balaban J connectivity index is 1.42. The molecule has 214 valence electrons. The first-order chi connectivity index (χ1) is 20.1. The van der Waals surface area contributed by atoms with Gasteiger partial charge in [0, 0.05) is 22.6 Å². The van der Waals surface area contributed by atoms with Crippen LogP contribution in [-0.4, -0.2) is 31.6 Å². The average molecular weight is 570 g/mol. The van der Waals surface area contributed by atoms with Gasteiger partial charge in [0.1, 0.15) is 12.4 Å². The van der Waals surface area contributed by atoms with E-state index in [1.807, 2.05) is 0 Å². The minimum atomic E-state index is -1.98. The normalized spacial score (nSPS) is 20.9. The summed E-state index contributed by atoms with van der Waals surface area (Å²) in [5, 5.41) is 25.7. The third kappa shape index (κ3) is 3.61. The van der Waals surface area contributed by atoms with E-state index in [0.717, 1.165) is 16.5 Å². The van der Waals surface area contributed by atoms with E-state index in [1.165, 1.54) is 10.6 Å². The Bertz CT molecular complexity index is 1900. The van der Waals surface area contributed by atoms with Crippen LogP contribution in [0.3, 0.4) is 0 Å². The molecule has 9 nitrogen and oxygen atoms in total. The first-order valence-electron chi connectivity index (χ1n) is 14.0. The van der Waals surface area contributed by atoms with Gasteiger partial charge >= 0.3 is 5.97 Å². The van der Waals surface area contributed by atoms with Crippen LogP contribution in [0.4, 0.5) is 4.39 Å². The Labute approximate surface area is 239 Å². The van der Waals surface area contributed by atoms with Crippen LogP contribution in [0.25, 0.3) is 22.3 Å². The fourth-order valence-electron chi connectivity index (χ4n) is 6.74. The van der Waals surface area contributed by atoms with Crippen LogP contribution in [0.15, 0.2) is 47.3 Å². The van der Waals surface area contributed by atoms with Gasteiger partial charge in [0.2, 0.25) is 0 Å². The second kappa shape index (κ2) is 9.30. The van der Waals surface area contributed by atoms with E-state index < -0.39 is 41.0 Å². The fourth-order valence-corrected chi connectivity index (χ4v) is 6.74. The molecule has 4 heterocycles. The lowest BCUT2D eigenvalue weighted by atomic mass is 9.81. The van der Waals surface area contributed by atoms with Crippen molar-refractivity contribution in [2.24, 2.45) is 0 Å². The smallest absolute Gasteiger partial charge is 0.343 e. The molecule has 3 atom stereocenters. The molecule has 1 amide bonds. The topological polar surface area (TPSA) is 131 Å². The molecule has 42 heavy (non-hydrogen) atoms. The highest BCUT2D eigenvalue weighted by Crippen LogP contribution is 2.46. The number of aliphatic hydroxyl groups is 2. The van der Waals surface area contributed by atoms with Gasteiger partial charge < -0.3 is 24.8 Å². The number of benzene rings is 2. The zero-order chi connectivity index (χ0) is 29.5. The lowest BCUT2D eigenvalue weighted by Gasteiger charge is -2.31. The number of fused-ring (bicyclic) bond motifs is 5. The average Bonchev–Trinajstić information content (AvgIpc) is 3.37. The van der Waals surface area contributed by atoms with Crippen molar-refractivity contribution < 1.29 is 28.9 Å². The fraction of sp³-hybridized carbons (Fsp3) is 0.312. The molecule has 0 saturated heterocycles. The number of nitrogens with one attached hydrogen (secondary N) is 1. The summed E-state index contributed by atoms with van der Waals surface area (Å²) in [7, 11) is 0. The Hall–Kier alpha value is -4.41. The van der Waals surface area contributed by atoms with Crippen LogP contribution in [0.5, 0.6) is 0 Å². The van der Waals surface area contributed by atoms with Gasteiger partial charge in [-0.1, -0.05) is 37.3 Å². The molecular formula is C32H28FN3O6. The van der Waals surface area contributed by atoms with Crippen molar-refractivity contribution in [1.29, 1.82) is 0 Å². The number of aromatic nitrogens is 2. The molecule has 3 aliphatic rings. The van der Waals surface area contributed by atoms with Crippen molar-refractivity contribution in [3.63, 3.8) is 0 Å². The van der Waals surface area contributed by atoms with E-state index in [0.29, 0.717) is 46.4 Å². The maximum absolute atomic E-state index is 15.1. The molecule has 0 fully saturated rings. The maximum Gasteiger partial charge on any atom is 0.343 e. The van der Waals surface area contributed by atoms with Crippen molar-refractivity contribution in [2.45, 2.75) is 64.0 Å². The molecule has 2 aliphatic heterocycles. The molecule has 0 bridgehead atoms. The number of carbonyl (C=O) groups excluding carboxylic acids is 2. The molecule has 0 spiro atoms. The standard InChI is InChI=1S/C32H28FN3O6/c1-3-32(41)20-11-24-27-18(13-36(24)30(39)19(20)14-42-31(32)40)26-22(35-29(38)28(37)16-7-5-4-6-8-16)10-9-17-15(2)21(33)12-23(34-27)25(17)26/h4-8,11-12,22,28,37,41H,3,9-10,13-14H2,1-2H3,(H,35,38)/t22-,28+,32-/m0/s1. The number of ether oxygens (including phenoxy) is 1. The van der Waals surface area contributed by atoms with Crippen LogP contribution in [0.1, 0.15) is 70.9 Å². The molecule has 7 rings (SSSR count). The summed E-state index contributed by atoms with van der Waals surface area (Å²) < 4.78 is 21.8. The van der Waals surface area contributed by atoms with Crippen LogP contribution in [0, 0.1) is 12.7 Å². The molecule has 2 aromatic heterocycles. The molecule has 10 heteroatoms. The summed E-state index contributed by atoms with van der Waals surface area (Å²) in [4.78, 5) is 44.4. The van der Waals surface area contributed by atoms with Gasteiger partial charge in [0.15, 0.2) is 11.7 Å². The van der Waals surface area contributed by atoms with Gasteiger partial charge in [-0.2, -0.15) is 0 Å². The van der Waals surface area contributed by atoms with Gasteiger partial charge in [-0.05, 0) is 54.5 Å². The van der Waals surface area contributed by atoms with Crippen LogP contribution < -0.4 is 10.9 Å². The van der Waals surface area contributed by atoms with Crippen LogP contribution >= 0.6 is 0 Å². The maximum atomic E-state index is 15.1. The number of rotatable bonds is 4. The largest absolute Gasteiger partial charge is 0.458 e. The number of pyridine rings is 2. The number of esters is 1. The minimum Gasteiger partial charge on any atom is -0.458 e. The Morgan fingerprint density at radius 3 is 2.71 bits per heavy atom. The van der Waals surface area contributed by atoms with E-state index in [-0.39, 0.29) is 30.7 Å². The van der Waals surface area contributed by atoms with Crippen molar-refractivity contribution in [3.8, 4) is 11.4 Å². The van der Waals surface area contributed by atoms with Gasteiger partial charge in [0.05, 0.1) is 35.1 Å². The zero-order valence-electron chi connectivity index (χ0n) is 23.0. The molecule has 4 aromatic rings. The first kappa shape index (κ1) is 26.5. The summed E-state index contributed by atoms with van der Waals surface area (Å²) in [6.45, 7) is 3.24. The van der Waals surface area contributed by atoms with Gasteiger partial charge in [0.25, 0.3) is 11.5 Å². The van der Waals surface area contributed by atoms with E-state index in [9.17, 15) is 24.6 Å². The van der Waals surface area contributed by atoms with Gasteiger partial charge in [-0.3, -0.25) is 9.59 Å². The number of hydrogen-bond donors (Lipinski definition) is 3. The number of cyclic esters (lactones) is 1. The summed E-state index contributed by atoms with van der Waals surface area (Å²) >= 11 is 0. The van der Waals surface area contributed by atoms with Crippen molar-refractivity contribution in [1.82, 2.24) is 14.9 Å². The molecule has 1 aliphatic carbocycles. The lowest BCUT2D eigenvalue weighted by molar-refractivity contribution is -0.172. The Kier molecular flexibility index (Phi) is 5.87. The lowest BCUT2D eigenvalue weighted by Crippen LogP contribution is -2.44. The number of aryl methyl sites for hydroxylation is 1. The Morgan fingerprint density at radius 2 is 1.98 bits per heavy atom. The first-order valence-corrected chi connectivity index (χ1v) is 14.0. The number of hydrogen-bond acceptors (Lipinski definition) is 7. The zero-order valence-corrected chi connectivity index (χ0v) is 23.0. The number of amides is 1. The summed E-state index contributed by atoms with van der Waals surface area (Å²) in [5.74, 6) is -1.79. The second-order valence-corrected chi connectivity index (χ2v) is 11.2. The van der Waals surface area contributed by atoms with E-state index in [2.05, 4.69) is 5.32 Å². The minimum absolute atomic E-state index is 0.0106. The monoisotopic (exact) mass is 569 g/mol. The van der Waals surface area contributed by atoms with Crippen LogP contribution in [0.2, 0.25) is 0 Å².